The minimum atomic E-state index is -0.825. The van der Waals surface area contributed by atoms with Gasteiger partial charge >= 0.3 is 11.7 Å². The van der Waals surface area contributed by atoms with E-state index in [1.165, 1.54) is 11.5 Å². The number of ketones is 1. The number of carbonyl (C=O) groups is 3. The molecule has 0 aliphatic heterocycles. The number of nitrogens with two attached hydrogens (primary N) is 1. The summed E-state index contributed by atoms with van der Waals surface area (Å²) in [6.45, 7) is 4.14. The zero-order valence-corrected chi connectivity index (χ0v) is 21.4. The molecule has 0 aliphatic rings. The van der Waals surface area contributed by atoms with Crippen LogP contribution < -0.4 is 26.6 Å². The van der Waals surface area contributed by atoms with Gasteiger partial charge in [0.1, 0.15) is 11.6 Å². The van der Waals surface area contributed by atoms with Crippen molar-refractivity contribution in [3.8, 4) is 5.75 Å². The lowest BCUT2D eigenvalue weighted by atomic mass is 10.1. The van der Waals surface area contributed by atoms with Crippen LogP contribution in [0.5, 0.6) is 5.75 Å². The molecule has 11 nitrogen and oxygen atoms in total. The van der Waals surface area contributed by atoms with Gasteiger partial charge < -0.3 is 20.1 Å². The summed E-state index contributed by atoms with van der Waals surface area (Å²) in [5.74, 6) is -1.52. The van der Waals surface area contributed by atoms with E-state index in [1.54, 1.807) is 48.5 Å². The number of ether oxygens (including phenoxy) is 2. The number of aromatic nitrogens is 2. The second kappa shape index (κ2) is 12.5. The Hall–Kier alpha value is -4.67. The molecule has 3 aromatic rings. The minimum absolute atomic E-state index is 0.0794. The fourth-order valence-electron chi connectivity index (χ4n) is 3.63. The summed E-state index contributed by atoms with van der Waals surface area (Å²) < 4.78 is 11.6. The summed E-state index contributed by atoms with van der Waals surface area (Å²) >= 11 is 0. The van der Waals surface area contributed by atoms with E-state index >= 15 is 0 Å². The number of hydrogen-bond acceptors (Lipinski definition) is 8. The van der Waals surface area contributed by atoms with E-state index in [-0.39, 0.29) is 36.3 Å². The van der Waals surface area contributed by atoms with Gasteiger partial charge in [-0.2, -0.15) is 0 Å². The van der Waals surface area contributed by atoms with E-state index in [1.807, 2.05) is 19.9 Å². The highest BCUT2D eigenvalue weighted by molar-refractivity contribution is 5.97. The van der Waals surface area contributed by atoms with Crippen LogP contribution in [0.2, 0.25) is 0 Å². The first kappa shape index (κ1) is 27.9. The van der Waals surface area contributed by atoms with E-state index in [0.29, 0.717) is 11.3 Å². The Morgan fingerprint density at radius 3 is 2.26 bits per heavy atom. The largest absolute Gasteiger partial charge is 0.482 e. The number of carbonyl (C=O) groups excluding carboxylic acids is 3. The average molecular weight is 523 g/mol. The quantitative estimate of drug-likeness (QED) is 0.286. The van der Waals surface area contributed by atoms with Gasteiger partial charge in [-0.3, -0.25) is 23.9 Å². The third kappa shape index (κ3) is 7.19. The number of esters is 1. The van der Waals surface area contributed by atoms with Crippen LogP contribution >= 0.6 is 0 Å². The van der Waals surface area contributed by atoms with Crippen LogP contribution in [0.1, 0.15) is 36.7 Å². The van der Waals surface area contributed by atoms with Crippen LogP contribution in [-0.4, -0.2) is 47.0 Å². The molecule has 0 bridgehead atoms. The van der Waals surface area contributed by atoms with Crippen LogP contribution in [0.25, 0.3) is 0 Å². The van der Waals surface area contributed by atoms with Gasteiger partial charge in [0.2, 0.25) is 0 Å². The number of hydrogen-bond donors (Lipinski definition) is 2. The Labute approximate surface area is 218 Å². The number of aromatic amines is 1. The molecule has 200 valence electrons. The maximum atomic E-state index is 13.1. The molecule has 3 rings (SSSR count). The number of amides is 1. The van der Waals surface area contributed by atoms with Crippen LogP contribution in [-0.2, 0) is 20.9 Å². The smallest absolute Gasteiger partial charge is 0.344 e. The normalized spacial score (nSPS) is 10.7. The molecule has 0 atom stereocenters. The SMILES string of the molecule is CC(=O)c1ccc(OCC(=O)OCC(=O)N(CC(C)C)c2c(N)n(Cc3ccccc3)c(=O)[nH]c2=O)cc1. The van der Waals surface area contributed by atoms with E-state index in [2.05, 4.69) is 4.98 Å². The summed E-state index contributed by atoms with van der Waals surface area (Å²) in [5.41, 5.74) is 5.78. The highest BCUT2D eigenvalue weighted by Gasteiger charge is 2.26. The standard InChI is InChI=1S/C27H30N4O7/c1-17(2)13-30(22(33)15-38-23(34)16-37-21-11-9-20(10-12-21)18(3)32)24-25(28)31(27(36)29-26(24)35)14-19-7-5-4-6-8-19/h4-12,17H,13-16,28H2,1-3H3,(H,29,35,36). The fraction of sp³-hybridized carbons (Fsp3) is 0.296. The summed E-state index contributed by atoms with van der Waals surface area (Å²) in [5, 5.41) is 0. The summed E-state index contributed by atoms with van der Waals surface area (Å²) in [4.78, 5) is 65.3. The Morgan fingerprint density at radius 2 is 1.66 bits per heavy atom. The van der Waals surface area contributed by atoms with Crippen molar-refractivity contribution >= 4 is 29.2 Å². The van der Waals surface area contributed by atoms with Crippen molar-refractivity contribution in [2.75, 3.05) is 30.4 Å². The molecule has 2 aromatic carbocycles. The topological polar surface area (TPSA) is 154 Å². The predicted octanol–water partition coefficient (Wildman–Crippen LogP) is 1.98. The number of nitrogens with one attached hydrogen (secondary N) is 1. The lowest BCUT2D eigenvalue weighted by Gasteiger charge is -2.26. The zero-order valence-electron chi connectivity index (χ0n) is 21.4. The maximum Gasteiger partial charge on any atom is 0.344 e. The number of nitrogen functional groups attached to an aromatic ring is 1. The number of nitrogens with zero attached hydrogens (tertiary/aromatic N) is 2. The number of benzene rings is 2. The number of rotatable bonds is 11. The third-order valence-electron chi connectivity index (χ3n) is 5.49. The van der Waals surface area contributed by atoms with Crippen molar-refractivity contribution in [2.45, 2.75) is 27.3 Å². The Balaban J connectivity index is 1.74. The first-order valence-corrected chi connectivity index (χ1v) is 11.9. The first-order valence-electron chi connectivity index (χ1n) is 11.9. The van der Waals surface area contributed by atoms with Crippen molar-refractivity contribution in [3.63, 3.8) is 0 Å². The van der Waals surface area contributed by atoms with E-state index in [9.17, 15) is 24.0 Å². The van der Waals surface area contributed by atoms with Gasteiger partial charge in [-0.05, 0) is 42.7 Å². The molecule has 1 aromatic heterocycles. The molecule has 0 saturated carbocycles. The van der Waals surface area contributed by atoms with E-state index in [0.717, 1.165) is 10.5 Å². The molecule has 0 unspecified atom stereocenters. The summed E-state index contributed by atoms with van der Waals surface area (Å²) in [6, 6.07) is 15.2. The zero-order chi connectivity index (χ0) is 27.8. The van der Waals surface area contributed by atoms with Crippen molar-refractivity contribution in [2.24, 2.45) is 5.92 Å². The van der Waals surface area contributed by atoms with Gasteiger partial charge in [0.25, 0.3) is 11.5 Å². The molecular weight excluding hydrogens is 492 g/mol. The van der Waals surface area contributed by atoms with Crippen molar-refractivity contribution < 1.29 is 23.9 Å². The van der Waals surface area contributed by atoms with E-state index in [4.69, 9.17) is 15.2 Å². The van der Waals surface area contributed by atoms with Gasteiger partial charge in [0.15, 0.2) is 24.7 Å². The van der Waals surface area contributed by atoms with Crippen LogP contribution in [0, 0.1) is 5.92 Å². The molecule has 3 N–H and O–H groups in total. The Kier molecular flexibility index (Phi) is 9.20. The molecule has 1 heterocycles. The molecule has 0 saturated heterocycles. The second-order valence-electron chi connectivity index (χ2n) is 8.99. The van der Waals surface area contributed by atoms with Gasteiger partial charge in [0.05, 0.1) is 6.54 Å². The average Bonchev–Trinajstić information content (AvgIpc) is 2.88. The van der Waals surface area contributed by atoms with Crippen molar-refractivity contribution in [1.29, 1.82) is 0 Å². The van der Waals surface area contributed by atoms with Crippen molar-refractivity contribution in [1.82, 2.24) is 9.55 Å². The highest BCUT2D eigenvalue weighted by Crippen LogP contribution is 2.20. The summed E-state index contributed by atoms with van der Waals surface area (Å²) in [6.07, 6.45) is 0. The maximum absolute atomic E-state index is 13.1. The monoisotopic (exact) mass is 522 g/mol. The Morgan fingerprint density at radius 1 is 1.00 bits per heavy atom. The second-order valence-corrected chi connectivity index (χ2v) is 8.99. The minimum Gasteiger partial charge on any atom is -0.482 e. The number of H-pyrrole nitrogens is 1. The predicted molar refractivity (Wildman–Crippen MR) is 141 cm³/mol. The summed E-state index contributed by atoms with van der Waals surface area (Å²) in [7, 11) is 0. The molecule has 0 spiro atoms. The fourth-order valence-corrected chi connectivity index (χ4v) is 3.63. The molecule has 11 heteroatoms. The van der Waals surface area contributed by atoms with Crippen LogP contribution in [0.4, 0.5) is 11.5 Å². The number of anilines is 2. The van der Waals surface area contributed by atoms with E-state index < -0.39 is 36.3 Å². The number of Topliss-reactive ketones (excluding diaryl/α,β-unsaturated/α-hetero) is 1. The molecule has 0 aliphatic carbocycles. The van der Waals surface area contributed by atoms with Gasteiger partial charge in [-0.25, -0.2) is 9.59 Å². The van der Waals surface area contributed by atoms with Crippen LogP contribution in [0.15, 0.2) is 64.2 Å². The molecule has 0 fully saturated rings. The molecule has 0 radical (unpaired) electrons. The first-order chi connectivity index (χ1) is 18.1. The molecule has 1 amide bonds. The van der Waals surface area contributed by atoms with Crippen molar-refractivity contribution in [3.05, 3.63) is 86.6 Å². The molecular formula is C27H30N4O7. The highest BCUT2D eigenvalue weighted by atomic mass is 16.6. The van der Waals surface area contributed by atoms with Crippen LogP contribution in [0.3, 0.4) is 0 Å². The van der Waals surface area contributed by atoms with Gasteiger partial charge in [-0.1, -0.05) is 44.2 Å². The third-order valence-corrected chi connectivity index (χ3v) is 5.49. The lowest BCUT2D eigenvalue weighted by Crippen LogP contribution is -2.44. The van der Waals surface area contributed by atoms with Gasteiger partial charge in [-0.15, -0.1) is 0 Å². The molecule has 38 heavy (non-hydrogen) atoms. The lowest BCUT2D eigenvalue weighted by molar-refractivity contribution is -0.149. The van der Waals surface area contributed by atoms with Gasteiger partial charge in [0, 0.05) is 12.1 Å². The Bertz CT molecular complexity index is 1410.